The van der Waals surface area contributed by atoms with Crippen molar-refractivity contribution in [1.82, 2.24) is 9.97 Å². The molecular weight excluding hydrogens is 621 g/mol. The average molecular weight is 651 g/mol. The average Bonchev–Trinajstić information content (AvgIpc) is 3.59. The summed E-state index contributed by atoms with van der Waals surface area (Å²) in [5.41, 5.74) is 11.1. The normalized spacial score (nSPS) is 11.5. The van der Waals surface area contributed by atoms with Crippen LogP contribution in [-0.2, 0) is 0 Å². The lowest BCUT2D eigenvalue weighted by Crippen LogP contribution is -1.97. The van der Waals surface area contributed by atoms with Crippen LogP contribution in [0.2, 0.25) is 0 Å². The summed E-state index contributed by atoms with van der Waals surface area (Å²) in [6.45, 7) is 0. The van der Waals surface area contributed by atoms with Crippen LogP contribution in [0.1, 0.15) is 0 Å². The Morgan fingerprint density at radius 2 is 0.882 bits per heavy atom. The molecule has 10 rings (SSSR count). The maximum Gasteiger partial charge on any atom is 0.161 e. The molecule has 0 spiro atoms. The van der Waals surface area contributed by atoms with Crippen molar-refractivity contribution < 1.29 is 4.42 Å². The second kappa shape index (κ2) is 11.9. The minimum absolute atomic E-state index is 0.696. The lowest BCUT2D eigenvalue weighted by atomic mass is 9.92. The number of hydrogen-bond donors (Lipinski definition) is 0. The van der Waals surface area contributed by atoms with Gasteiger partial charge in [0.25, 0.3) is 0 Å². The van der Waals surface area contributed by atoms with Crippen LogP contribution < -0.4 is 0 Å². The van der Waals surface area contributed by atoms with E-state index in [0.29, 0.717) is 5.82 Å². The molecule has 10 aromatic rings. The Labute approximate surface area is 295 Å². The third-order valence-corrected chi connectivity index (χ3v) is 9.87. The second-order valence-electron chi connectivity index (χ2n) is 13.0. The predicted octanol–water partition coefficient (Wildman–Crippen LogP) is 13.0. The summed E-state index contributed by atoms with van der Waals surface area (Å²) in [5.74, 6) is 0.696. The van der Waals surface area contributed by atoms with Crippen LogP contribution in [0.15, 0.2) is 186 Å². The summed E-state index contributed by atoms with van der Waals surface area (Å²) < 4.78 is 6.32. The molecule has 0 aliphatic heterocycles. The van der Waals surface area contributed by atoms with Gasteiger partial charge in [-0.1, -0.05) is 146 Å². The molecule has 0 aliphatic carbocycles. The maximum atomic E-state index is 6.32. The predicted molar refractivity (Wildman–Crippen MR) is 212 cm³/mol. The Morgan fingerprint density at radius 3 is 1.69 bits per heavy atom. The number of para-hydroxylation sites is 1. The molecule has 2 aromatic heterocycles. The minimum Gasteiger partial charge on any atom is -0.456 e. The van der Waals surface area contributed by atoms with Gasteiger partial charge in [-0.15, -0.1) is 0 Å². The number of fused-ring (bicyclic) bond motifs is 5. The molecule has 0 amide bonds. The summed E-state index contributed by atoms with van der Waals surface area (Å²) in [5, 5.41) is 6.83. The first-order valence-corrected chi connectivity index (χ1v) is 17.2. The van der Waals surface area contributed by atoms with E-state index in [1.54, 1.807) is 0 Å². The van der Waals surface area contributed by atoms with Gasteiger partial charge < -0.3 is 4.42 Å². The molecule has 0 bridgehead atoms. The van der Waals surface area contributed by atoms with E-state index in [0.717, 1.165) is 88.4 Å². The van der Waals surface area contributed by atoms with Crippen molar-refractivity contribution in [2.75, 3.05) is 0 Å². The van der Waals surface area contributed by atoms with Crippen LogP contribution >= 0.6 is 0 Å². The van der Waals surface area contributed by atoms with E-state index in [1.165, 1.54) is 5.39 Å². The first kappa shape index (κ1) is 29.1. The molecule has 0 atom stereocenters. The number of aromatic nitrogens is 2. The number of hydrogen-bond acceptors (Lipinski definition) is 3. The molecule has 2 heterocycles. The molecule has 0 saturated heterocycles. The summed E-state index contributed by atoms with van der Waals surface area (Å²) in [6, 6.07) is 63.9. The number of nitrogens with zero attached hydrogens (tertiary/aromatic N) is 2. The zero-order valence-corrected chi connectivity index (χ0v) is 27.6. The van der Waals surface area contributed by atoms with Crippen LogP contribution in [0.25, 0.3) is 99.6 Å². The van der Waals surface area contributed by atoms with Gasteiger partial charge in [-0.25, -0.2) is 9.97 Å². The molecule has 0 radical (unpaired) electrons. The highest BCUT2D eigenvalue weighted by Crippen LogP contribution is 2.41. The molecule has 8 aromatic carbocycles. The molecule has 51 heavy (non-hydrogen) atoms. The van der Waals surface area contributed by atoms with Crippen molar-refractivity contribution in [3.63, 3.8) is 0 Å². The fourth-order valence-corrected chi connectivity index (χ4v) is 7.47. The van der Waals surface area contributed by atoms with Crippen molar-refractivity contribution in [2.24, 2.45) is 0 Å². The van der Waals surface area contributed by atoms with E-state index in [4.69, 9.17) is 14.4 Å². The van der Waals surface area contributed by atoms with Crippen molar-refractivity contribution in [1.29, 1.82) is 0 Å². The number of benzene rings is 8. The van der Waals surface area contributed by atoms with Crippen molar-refractivity contribution in [3.8, 4) is 56.2 Å². The van der Waals surface area contributed by atoms with Gasteiger partial charge >= 0.3 is 0 Å². The van der Waals surface area contributed by atoms with Crippen LogP contribution in [0.4, 0.5) is 0 Å². The van der Waals surface area contributed by atoms with E-state index in [2.05, 4.69) is 170 Å². The zero-order chi connectivity index (χ0) is 33.7. The molecule has 0 saturated carbocycles. The molecular formula is C48H30N2O. The lowest BCUT2D eigenvalue weighted by molar-refractivity contribution is 0.669. The largest absolute Gasteiger partial charge is 0.456 e. The van der Waals surface area contributed by atoms with Gasteiger partial charge in [0.1, 0.15) is 11.2 Å². The van der Waals surface area contributed by atoms with Crippen molar-refractivity contribution in [2.45, 2.75) is 0 Å². The second-order valence-corrected chi connectivity index (χ2v) is 13.0. The Balaban J connectivity index is 1.27. The topological polar surface area (TPSA) is 38.9 Å². The molecule has 0 unspecified atom stereocenters. The van der Waals surface area contributed by atoms with Gasteiger partial charge in [-0.05, 0) is 80.2 Å². The van der Waals surface area contributed by atoms with Gasteiger partial charge in [0.2, 0.25) is 0 Å². The highest BCUT2D eigenvalue weighted by Gasteiger charge is 2.18. The van der Waals surface area contributed by atoms with Crippen molar-refractivity contribution >= 4 is 43.5 Å². The smallest absolute Gasteiger partial charge is 0.161 e. The van der Waals surface area contributed by atoms with E-state index in [1.807, 2.05) is 12.1 Å². The molecule has 0 aliphatic rings. The minimum atomic E-state index is 0.696. The molecule has 0 N–H and O–H groups in total. The molecule has 3 nitrogen and oxygen atoms in total. The SMILES string of the molecule is c1ccc(-c2cc(-c3cc(-c4cccc5ccccc45)nc(-c4cccc5ccccc45)n3)cc(-c3cccc4oc5ccccc5c34)c2)cc1. The first-order chi connectivity index (χ1) is 25.3. The Morgan fingerprint density at radius 1 is 0.333 bits per heavy atom. The first-order valence-electron chi connectivity index (χ1n) is 17.2. The summed E-state index contributed by atoms with van der Waals surface area (Å²) in [7, 11) is 0. The third-order valence-electron chi connectivity index (χ3n) is 9.87. The number of furan rings is 1. The van der Waals surface area contributed by atoms with Gasteiger partial charge in [0, 0.05) is 27.5 Å². The van der Waals surface area contributed by atoms with Crippen molar-refractivity contribution in [3.05, 3.63) is 182 Å². The van der Waals surface area contributed by atoms with Gasteiger partial charge in [-0.3, -0.25) is 0 Å². The van der Waals surface area contributed by atoms with Crippen LogP contribution in [0, 0.1) is 0 Å². The Kier molecular flexibility index (Phi) is 6.81. The number of rotatable bonds is 5. The third kappa shape index (κ3) is 5.06. The van der Waals surface area contributed by atoms with Crippen LogP contribution in [0.3, 0.4) is 0 Å². The summed E-state index contributed by atoms with van der Waals surface area (Å²) >= 11 is 0. The fourth-order valence-electron chi connectivity index (χ4n) is 7.47. The van der Waals surface area contributed by atoms with Gasteiger partial charge in [0.05, 0.1) is 11.4 Å². The van der Waals surface area contributed by atoms with Crippen LogP contribution in [0.5, 0.6) is 0 Å². The fraction of sp³-hybridized carbons (Fsp3) is 0. The highest BCUT2D eigenvalue weighted by atomic mass is 16.3. The lowest BCUT2D eigenvalue weighted by Gasteiger charge is -2.15. The van der Waals surface area contributed by atoms with E-state index in [-0.39, 0.29) is 0 Å². The monoisotopic (exact) mass is 650 g/mol. The quantitative estimate of drug-likeness (QED) is 0.186. The zero-order valence-electron chi connectivity index (χ0n) is 27.6. The Bertz CT molecular complexity index is 2810. The summed E-state index contributed by atoms with van der Waals surface area (Å²) in [4.78, 5) is 10.7. The molecule has 238 valence electrons. The van der Waals surface area contributed by atoms with E-state index in [9.17, 15) is 0 Å². The molecule has 0 fully saturated rings. The van der Waals surface area contributed by atoms with Gasteiger partial charge in [-0.2, -0.15) is 0 Å². The van der Waals surface area contributed by atoms with E-state index >= 15 is 0 Å². The Hall–Kier alpha value is -6.84. The highest BCUT2D eigenvalue weighted by molar-refractivity contribution is 6.12. The molecule has 3 heteroatoms. The standard InChI is InChI=1S/C48H30N2O/c1-2-13-31(14-3-1)34-27-35(39-22-12-26-46-47(39)42-21-8-9-25-45(42)51-46)29-36(28-34)43-30-44(40-23-10-17-32-15-4-6-19-37(32)40)50-48(49-43)41-24-11-18-33-16-5-7-20-38(33)41/h1-30H. The van der Waals surface area contributed by atoms with Crippen LogP contribution in [-0.4, -0.2) is 9.97 Å². The summed E-state index contributed by atoms with van der Waals surface area (Å²) in [6.07, 6.45) is 0. The maximum absolute atomic E-state index is 6.32. The van der Waals surface area contributed by atoms with E-state index < -0.39 is 0 Å². The van der Waals surface area contributed by atoms with Gasteiger partial charge in [0.15, 0.2) is 5.82 Å².